The van der Waals surface area contributed by atoms with E-state index in [1.807, 2.05) is 32.0 Å². The third-order valence-corrected chi connectivity index (χ3v) is 4.82. The van der Waals surface area contributed by atoms with Crippen LogP contribution in [0.5, 0.6) is 11.5 Å². The second-order valence-electron chi connectivity index (χ2n) is 6.75. The number of nitrogens with zero attached hydrogens (tertiary/aromatic N) is 1. The Morgan fingerprint density at radius 2 is 1.89 bits per heavy atom. The highest BCUT2D eigenvalue weighted by Gasteiger charge is 2.36. The molecule has 6 nitrogen and oxygen atoms in total. The van der Waals surface area contributed by atoms with Crippen molar-refractivity contribution in [3.05, 3.63) is 47.5 Å². The molecule has 0 radical (unpaired) electrons. The second kappa shape index (κ2) is 7.70. The van der Waals surface area contributed by atoms with Gasteiger partial charge in [0.1, 0.15) is 11.5 Å². The maximum absolute atomic E-state index is 12.7. The van der Waals surface area contributed by atoms with Crippen LogP contribution in [0.2, 0.25) is 0 Å². The summed E-state index contributed by atoms with van der Waals surface area (Å²) in [6.07, 6.45) is 0.192. The highest BCUT2D eigenvalue weighted by molar-refractivity contribution is 6.04. The first-order chi connectivity index (χ1) is 12.9. The van der Waals surface area contributed by atoms with E-state index in [2.05, 4.69) is 5.32 Å². The molecule has 2 aromatic carbocycles. The monoisotopic (exact) mass is 368 g/mol. The summed E-state index contributed by atoms with van der Waals surface area (Å²) in [6, 6.07) is 11.2. The van der Waals surface area contributed by atoms with E-state index in [0.29, 0.717) is 23.7 Å². The molecule has 2 aromatic rings. The maximum Gasteiger partial charge on any atom is 0.229 e. The molecule has 3 rings (SSSR count). The molecule has 6 heteroatoms. The molecule has 1 saturated heterocycles. The van der Waals surface area contributed by atoms with Gasteiger partial charge in [0.15, 0.2) is 0 Å². The number of ether oxygens (including phenoxy) is 2. The number of methoxy groups -OCH3 is 2. The van der Waals surface area contributed by atoms with E-state index < -0.39 is 5.92 Å². The maximum atomic E-state index is 12.7. The average molecular weight is 368 g/mol. The molecule has 0 spiro atoms. The summed E-state index contributed by atoms with van der Waals surface area (Å²) in [5.74, 6) is 0.509. The third-order valence-electron chi connectivity index (χ3n) is 4.82. The van der Waals surface area contributed by atoms with Crippen LogP contribution >= 0.6 is 0 Å². The number of carbonyl (C=O) groups is 2. The van der Waals surface area contributed by atoms with Gasteiger partial charge < -0.3 is 19.7 Å². The van der Waals surface area contributed by atoms with Crippen LogP contribution in [0.15, 0.2) is 36.4 Å². The molecular formula is C21H24N2O4. The van der Waals surface area contributed by atoms with Crippen molar-refractivity contribution >= 4 is 23.2 Å². The van der Waals surface area contributed by atoms with Crippen molar-refractivity contribution in [3.8, 4) is 11.5 Å². The molecule has 1 N–H and O–H groups in total. The first kappa shape index (κ1) is 18.8. The van der Waals surface area contributed by atoms with Crippen molar-refractivity contribution in [2.45, 2.75) is 20.3 Å². The summed E-state index contributed by atoms with van der Waals surface area (Å²) < 4.78 is 10.5. The van der Waals surface area contributed by atoms with Crippen molar-refractivity contribution in [2.24, 2.45) is 5.92 Å². The van der Waals surface area contributed by atoms with Gasteiger partial charge in [0.25, 0.3) is 0 Å². The predicted molar refractivity (Wildman–Crippen MR) is 105 cm³/mol. The number of aryl methyl sites for hydroxylation is 2. The van der Waals surface area contributed by atoms with Crippen LogP contribution in [0, 0.1) is 19.8 Å². The predicted octanol–water partition coefficient (Wildman–Crippen LogP) is 3.31. The van der Waals surface area contributed by atoms with E-state index in [-0.39, 0.29) is 18.2 Å². The quantitative estimate of drug-likeness (QED) is 0.879. The lowest BCUT2D eigenvalue weighted by Gasteiger charge is -2.20. The Kier molecular flexibility index (Phi) is 5.35. The smallest absolute Gasteiger partial charge is 0.229 e. The van der Waals surface area contributed by atoms with Crippen LogP contribution in [0.3, 0.4) is 0 Å². The van der Waals surface area contributed by atoms with Gasteiger partial charge in [0.05, 0.1) is 25.8 Å². The number of anilines is 2. The number of hydrogen-bond donors (Lipinski definition) is 1. The number of nitrogens with one attached hydrogen (secondary N) is 1. The molecule has 1 fully saturated rings. The van der Waals surface area contributed by atoms with Crippen molar-refractivity contribution < 1.29 is 19.1 Å². The molecule has 0 saturated carbocycles. The third kappa shape index (κ3) is 3.89. The highest BCUT2D eigenvalue weighted by atomic mass is 16.5. The fourth-order valence-electron chi connectivity index (χ4n) is 3.26. The van der Waals surface area contributed by atoms with Crippen LogP contribution in [0.1, 0.15) is 17.5 Å². The number of hydrogen-bond acceptors (Lipinski definition) is 4. The summed E-state index contributed by atoms with van der Waals surface area (Å²) in [5, 5.41) is 2.87. The van der Waals surface area contributed by atoms with Crippen molar-refractivity contribution in [3.63, 3.8) is 0 Å². The van der Waals surface area contributed by atoms with Gasteiger partial charge in [-0.1, -0.05) is 12.1 Å². The molecule has 1 unspecified atom stereocenters. The van der Waals surface area contributed by atoms with Crippen LogP contribution < -0.4 is 19.7 Å². The zero-order valence-electron chi connectivity index (χ0n) is 16.0. The number of benzene rings is 2. The fraction of sp³-hybridized carbons (Fsp3) is 0.333. The first-order valence-corrected chi connectivity index (χ1v) is 8.83. The minimum Gasteiger partial charge on any atom is -0.497 e. The van der Waals surface area contributed by atoms with Crippen LogP contribution in [-0.4, -0.2) is 32.6 Å². The van der Waals surface area contributed by atoms with Gasteiger partial charge in [0.2, 0.25) is 11.8 Å². The molecule has 1 aliphatic heterocycles. The van der Waals surface area contributed by atoms with Crippen molar-refractivity contribution in [1.29, 1.82) is 0 Å². The number of carbonyl (C=O) groups excluding carboxylic acids is 2. The highest BCUT2D eigenvalue weighted by Crippen LogP contribution is 2.32. The van der Waals surface area contributed by atoms with E-state index in [1.165, 1.54) is 7.11 Å². The second-order valence-corrected chi connectivity index (χ2v) is 6.75. The Balaban J connectivity index is 1.75. The summed E-state index contributed by atoms with van der Waals surface area (Å²) >= 11 is 0. The SMILES string of the molecule is COc1ccc(NC(=O)C2CC(=O)N(c3cc(C)ccc3C)C2)c(OC)c1. The lowest BCUT2D eigenvalue weighted by atomic mass is 10.1. The average Bonchev–Trinajstić information content (AvgIpc) is 3.05. The summed E-state index contributed by atoms with van der Waals surface area (Å²) in [7, 11) is 3.10. The summed E-state index contributed by atoms with van der Waals surface area (Å²) in [6.45, 7) is 4.33. The Hall–Kier alpha value is -3.02. The van der Waals surface area contributed by atoms with Crippen LogP contribution in [-0.2, 0) is 9.59 Å². The molecule has 0 aromatic heterocycles. The van der Waals surface area contributed by atoms with Gasteiger partial charge in [-0.05, 0) is 43.2 Å². The fourth-order valence-corrected chi connectivity index (χ4v) is 3.26. The van der Waals surface area contributed by atoms with Crippen LogP contribution in [0.4, 0.5) is 11.4 Å². The normalized spacial score (nSPS) is 16.4. The molecular weight excluding hydrogens is 344 g/mol. The van der Waals surface area contributed by atoms with Gasteiger partial charge in [-0.25, -0.2) is 0 Å². The van der Waals surface area contributed by atoms with E-state index in [9.17, 15) is 9.59 Å². The molecule has 1 atom stereocenters. The van der Waals surface area contributed by atoms with Crippen molar-refractivity contribution in [1.82, 2.24) is 0 Å². The minimum absolute atomic E-state index is 0.0365. The largest absolute Gasteiger partial charge is 0.497 e. The standard InChI is InChI=1S/C21H24N2O4/c1-13-5-6-14(2)18(9-13)23-12-15(10-20(23)24)21(25)22-17-8-7-16(26-3)11-19(17)27-4/h5-9,11,15H,10,12H2,1-4H3,(H,22,25). The Morgan fingerprint density at radius 3 is 2.59 bits per heavy atom. The zero-order valence-corrected chi connectivity index (χ0v) is 16.0. The van der Waals surface area contributed by atoms with E-state index in [4.69, 9.17) is 9.47 Å². The van der Waals surface area contributed by atoms with Gasteiger partial charge in [-0.3, -0.25) is 9.59 Å². The van der Waals surface area contributed by atoms with E-state index in [0.717, 1.165) is 16.8 Å². The molecule has 1 heterocycles. The van der Waals surface area contributed by atoms with E-state index in [1.54, 1.807) is 30.2 Å². The van der Waals surface area contributed by atoms with Crippen LogP contribution in [0.25, 0.3) is 0 Å². The Labute approximate surface area is 159 Å². The first-order valence-electron chi connectivity index (χ1n) is 8.83. The molecule has 0 aliphatic carbocycles. The molecule has 142 valence electrons. The van der Waals surface area contributed by atoms with Crippen molar-refractivity contribution in [2.75, 3.05) is 31.0 Å². The lowest BCUT2D eigenvalue weighted by Crippen LogP contribution is -2.28. The minimum atomic E-state index is -0.413. The lowest BCUT2D eigenvalue weighted by molar-refractivity contribution is -0.122. The molecule has 0 bridgehead atoms. The number of rotatable bonds is 5. The van der Waals surface area contributed by atoms with Gasteiger partial charge in [-0.15, -0.1) is 0 Å². The number of amides is 2. The molecule has 2 amide bonds. The Morgan fingerprint density at radius 1 is 1.11 bits per heavy atom. The van der Waals surface area contributed by atoms with E-state index >= 15 is 0 Å². The Bertz CT molecular complexity index is 878. The summed E-state index contributed by atoms with van der Waals surface area (Å²) in [5.41, 5.74) is 3.53. The van der Waals surface area contributed by atoms with Gasteiger partial charge in [0, 0.05) is 24.7 Å². The summed E-state index contributed by atoms with van der Waals surface area (Å²) in [4.78, 5) is 27.0. The van der Waals surface area contributed by atoms with Gasteiger partial charge in [-0.2, -0.15) is 0 Å². The van der Waals surface area contributed by atoms with Gasteiger partial charge >= 0.3 is 0 Å². The molecule has 27 heavy (non-hydrogen) atoms. The topological polar surface area (TPSA) is 67.9 Å². The molecule has 1 aliphatic rings. The zero-order chi connectivity index (χ0) is 19.6.